The Morgan fingerprint density at radius 3 is 2.89 bits per heavy atom. The number of H-pyrrole nitrogens is 1. The van der Waals surface area contributed by atoms with Gasteiger partial charge in [-0.25, -0.2) is 8.78 Å². The summed E-state index contributed by atoms with van der Waals surface area (Å²) in [4.78, 5) is 17.3. The van der Waals surface area contributed by atoms with Gasteiger partial charge in [-0.1, -0.05) is 13.3 Å². The van der Waals surface area contributed by atoms with Gasteiger partial charge in [0.05, 0.1) is 10.9 Å². The minimum Gasteiger partial charge on any atom is -0.345 e. The molecule has 1 aliphatic rings. The highest BCUT2D eigenvalue weighted by atomic mass is 79.9. The van der Waals surface area contributed by atoms with E-state index in [-0.39, 0.29) is 28.3 Å². The van der Waals surface area contributed by atoms with Gasteiger partial charge < -0.3 is 14.5 Å². The number of hydrogen-bond donors (Lipinski definition) is 1. The van der Waals surface area contributed by atoms with Crippen LogP contribution in [0.15, 0.2) is 16.6 Å². The molecule has 2 aromatic rings. The van der Waals surface area contributed by atoms with Crippen molar-refractivity contribution in [3.63, 3.8) is 0 Å². The zero-order chi connectivity index (χ0) is 19.7. The van der Waals surface area contributed by atoms with Crippen LogP contribution in [0.25, 0.3) is 0 Å². The molecule has 2 heterocycles. The molecule has 1 N–H and O–H groups in total. The number of amides is 1. The van der Waals surface area contributed by atoms with Crippen molar-refractivity contribution < 1.29 is 13.6 Å². The molecular formula is C19H22BrF2N3OS. The smallest absolute Gasteiger partial charge is 0.228 e. The lowest BCUT2D eigenvalue weighted by Gasteiger charge is -2.16. The molecule has 1 aliphatic heterocycles. The van der Waals surface area contributed by atoms with Crippen molar-refractivity contribution in [2.45, 2.75) is 45.1 Å². The molecule has 8 heteroatoms. The van der Waals surface area contributed by atoms with Crippen molar-refractivity contribution in [3.05, 3.63) is 50.0 Å². The maximum Gasteiger partial charge on any atom is 0.228 e. The number of rotatable bonds is 6. The average Bonchev–Trinajstić information content (AvgIpc) is 3.18. The highest BCUT2D eigenvalue weighted by Gasteiger charge is 2.32. The molecule has 0 spiro atoms. The summed E-state index contributed by atoms with van der Waals surface area (Å²) < 4.78 is 31.4. The number of aromatic nitrogens is 2. The average molecular weight is 458 g/mol. The van der Waals surface area contributed by atoms with Crippen LogP contribution in [-0.4, -0.2) is 34.0 Å². The maximum atomic E-state index is 14.5. The van der Waals surface area contributed by atoms with Crippen LogP contribution in [0.5, 0.6) is 0 Å². The Morgan fingerprint density at radius 1 is 1.44 bits per heavy atom. The number of likely N-dealkylation sites (N-methyl/N-ethyl adjacent to an activating group) is 1. The molecule has 0 radical (unpaired) electrons. The molecule has 1 atom stereocenters. The monoisotopic (exact) mass is 457 g/mol. The highest BCUT2D eigenvalue weighted by Crippen LogP contribution is 2.36. The van der Waals surface area contributed by atoms with Crippen molar-refractivity contribution in [2.24, 2.45) is 0 Å². The van der Waals surface area contributed by atoms with Crippen LogP contribution in [0.4, 0.5) is 8.78 Å². The van der Waals surface area contributed by atoms with Crippen molar-refractivity contribution in [1.82, 2.24) is 14.5 Å². The van der Waals surface area contributed by atoms with Crippen LogP contribution < -0.4 is 0 Å². The molecule has 1 aromatic heterocycles. The lowest BCUT2D eigenvalue weighted by atomic mass is 9.95. The largest absolute Gasteiger partial charge is 0.345 e. The number of imidazole rings is 1. The first-order valence-electron chi connectivity index (χ1n) is 9.01. The second-order valence-electron chi connectivity index (χ2n) is 6.97. The molecule has 0 fully saturated rings. The summed E-state index contributed by atoms with van der Waals surface area (Å²) in [6, 6.07) is 2.63. The standard InChI is InChI=1S/C19H22BrF2N3OS/c1-3-4-7-24(2)16(26)9-14-15-8-11(10-25(15)19(27)23-14)17-13(21)6-5-12(20)18(17)22/h5-6,11H,3-4,7-10H2,1-2H3,(H,23,27)/t11-/m1/s1. The van der Waals surface area contributed by atoms with Crippen LogP contribution in [0.2, 0.25) is 0 Å². The van der Waals surface area contributed by atoms with Gasteiger partial charge in [0.2, 0.25) is 5.91 Å². The lowest BCUT2D eigenvalue weighted by Crippen LogP contribution is -2.29. The normalized spacial score (nSPS) is 15.8. The SMILES string of the molecule is CCCCN(C)C(=O)Cc1[nH]c(=S)n2c1C[C@@H](c1c(F)ccc(Br)c1F)C2. The summed E-state index contributed by atoms with van der Waals surface area (Å²) in [6.45, 7) is 3.19. The van der Waals surface area contributed by atoms with E-state index >= 15 is 0 Å². The first kappa shape index (κ1) is 20.2. The molecule has 3 rings (SSSR count). The van der Waals surface area contributed by atoms with Crippen LogP contribution in [0, 0.1) is 16.4 Å². The third-order valence-corrected chi connectivity index (χ3v) is 6.04. The predicted molar refractivity (Wildman–Crippen MR) is 106 cm³/mol. The van der Waals surface area contributed by atoms with Gasteiger partial charge >= 0.3 is 0 Å². The molecule has 1 aromatic carbocycles. The van der Waals surface area contributed by atoms with Gasteiger partial charge in [0, 0.05) is 43.0 Å². The molecule has 0 bridgehead atoms. The number of nitrogens with zero attached hydrogens (tertiary/aromatic N) is 2. The molecule has 1 amide bonds. The van der Waals surface area contributed by atoms with Gasteiger partial charge in [-0.15, -0.1) is 0 Å². The molecule has 0 saturated heterocycles. The number of benzene rings is 1. The number of carbonyl (C=O) groups is 1. The molecule has 0 unspecified atom stereocenters. The van der Waals surface area contributed by atoms with Crippen molar-refractivity contribution in [3.8, 4) is 0 Å². The number of hydrogen-bond acceptors (Lipinski definition) is 2. The van der Waals surface area contributed by atoms with Gasteiger partial charge in [0.25, 0.3) is 0 Å². The third-order valence-electron chi connectivity index (χ3n) is 5.11. The zero-order valence-electron chi connectivity index (χ0n) is 15.3. The topological polar surface area (TPSA) is 41.0 Å². The molecule has 4 nitrogen and oxygen atoms in total. The van der Waals surface area contributed by atoms with E-state index in [1.54, 1.807) is 11.9 Å². The van der Waals surface area contributed by atoms with Crippen molar-refractivity contribution >= 4 is 34.1 Å². The minimum absolute atomic E-state index is 0.00590. The molecule has 0 aliphatic carbocycles. The van der Waals surface area contributed by atoms with E-state index < -0.39 is 11.6 Å². The van der Waals surface area contributed by atoms with Crippen LogP contribution >= 0.6 is 28.1 Å². The molecule has 27 heavy (non-hydrogen) atoms. The fourth-order valence-electron chi connectivity index (χ4n) is 3.56. The second-order valence-corrected chi connectivity index (χ2v) is 8.21. The lowest BCUT2D eigenvalue weighted by molar-refractivity contribution is -0.129. The number of carbonyl (C=O) groups excluding carboxylic acids is 1. The zero-order valence-corrected chi connectivity index (χ0v) is 17.7. The van der Waals surface area contributed by atoms with E-state index in [1.165, 1.54) is 12.1 Å². The third kappa shape index (κ3) is 4.01. The fraction of sp³-hybridized carbons (Fsp3) is 0.474. The summed E-state index contributed by atoms with van der Waals surface area (Å²) >= 11 is 8.49. The van der Waals surface area contributed by atoms with Crippen LogP contribution in [0.1, 0.15) is 42.6 Å². The number of aromatic amines is 1. The van der Waals surface area contributed by atoms with E-state index in [1.807, 2.05) is 4.57 Å². The Hall–Kier alpha value is -1.54. The van der Waals surface area contributed by atoms with Gasteiger partial charge in [0.15, 0.2) is 4.77 Å². The summed E-state index contributed by atoms with van der Waals surface area (Å²) in [5, 5.41) is 0. The maximum absolute atomic E-state index is 14.5. The van der Waals surface area contributed by atoms with E-state index in [0.717, 1.165) is 24.2 Å². The first-order valence-corrected chi connectivity index (χ1v) is 10.2. The Bertz CT molecular complexity index is 924. The van der Waals surface area contributed by atoms with Crippen LogP contribution in [-0.2, 0) is 24.2 Å². The van der Waals surface area contributed by atoms with E-state index in [9.17, 15) is 13.6 Å². The summed E-state index contributed by atoms with van der Waals surface area (Å²) in [6.07, 6.45) is 2.63. The number of nitrogens with one attached hydrogen (secondary N) is 1. The second kappa shape index (κ2) is 8.22. The number of fused-ring (bicyclic) bond motifs is 1. The number of halogens is 3. The molecule has 0 saturated carbocycles. The summed E-state index contributed by atoms with van der Waals surface area (Å²) in [7, 11) is 1.79. The summed E-state index contributed by atoms with van der Waals surface area (Å²) in [5.41, 5.74) is 1.67. The predicted octanol–water partition coefficient (Wildman–Crippen LogP) is 4.73. The Balaban J connectivity index is 1.83. The Labute approximate surface area is 170 Å². The first-order chi connectivity index (χ1) is 12.8. The quantitative estimate of drug-likeness (QED) is 0.503. The molecular weight excluding hydrogens is 436 g/mol. The Morgan fingerprint density at radius 2 is 2.19 bits per heavy atom. The fourth-order valence-corrected chi connectivity index (χ4v) is 4.22. The molecule has 146 valence electrons. The summed E-state index contributed by atoms with van der Waals surface area (Å²) in [5.74, 6) is -1.47. The van der Waals surface area contributed by atoms with Crippen molar-refractivity contribution in [2.75, 3.05) is 13.6 Å². The van der Waals surface area contributed by atoms with E-state index in [0.29, 0.717) is 24.3 Å². The van der Waals surface area contributed by atoms with E-state index in [4.69, 9.17) is 12.2 Å². The van der Waals surface area contributed by atoms with Gasteiger partial charge in [0.1, 0.15) is 11.6 Å². The van der Waals surface area contributed by atoms with Crippen LogP contribution in [0.3, 0.4) is 0 Å². The number of unbranched alkanes of at least 4 members (excludes halogenated alkanes) is 1. The van der Waals surface area contributed by atoms with Gasteiger partial charge in [-0.05, 0) is 53.1 Å². The van der Waals surface area contributed by atoms with E-state index in [2.05, 4.69) is 27.8 Å². The Kier molecular flexibility index (Phi) is 6.15. The highest BCUT2D eigenvalue weighted by molar-refractivity contribution is 9.10. The minimum atomic E-state index is -0.572. The van der Waals surface area contributed by atoms with Crippen molar-refractivity contribution in [1.29, 1.82) is 0 Å². The van der Waals surface area contributed by atoms with Gasteiger partial charge in [-0.2, -0.15) is 0 Å². The van der Waals surface area contributed by atoms with Gasteiger partial charge in [-0.3, -0.25) is 4.79 Å².